The van der Waals surface area contributed by atoms with E-state index in [1.807, 2.05) is 30.3 Å². The largest absolute Gasteiger partial charge is 0.437 e. The summed E-state index contributed by atoms with van der Waals surface area (Å²) >= 11 is 0. The highest BCUT2D eigenvalue weighted by atomic mass is 16.5. The molecule has 2 heterocycles. The van der Waals surface area contributed by atoms with Crippen LogP contribution in [0.1, 0.15) is 26.3 Å². The van der Waals surface area contributed by atoms with Gasteiger partial charge in [0, 0.05) is 24.2 Å². The Morgan fingerprint density at radius 3 is 2.50 bits per heavy atom. The van der Waals surface area contributed by atoms with E-state index in [0.717, 1.165) is 17.0 Å². The lowest BCUT2D eigenvalue weighted by molar-refractivity contribution is 0.442. The number of anilines is 2. The van der Waals surface area contributed by atoms with Gasteiger partial charge in [0.05, 0.1) is 6.20 Å². The first-order chi connectivity index (χ1) is 11.5. The molecule has 0 aliphatic rings. The molecule has 0 bridgehead atoms. The van der Waals surface area contributed by atoms with Gasteiger partial charge in [-0.3, -0.25) is 4.98 Å². The Bertz CT molecular complexity index is 813. The van der Waals surface area contributed by atoms with Crippen molar-refractivity contribution in [1.82, 2.24) is 15.0 Å². The first-order valence-electron chi connectivity index (χ1n) is 7.79. The van der Waals surface area contributed by atoms with Crippen molar-refractivity contribution in [2.24, 2.45) is 0 Å². The molecule has 0 fully saturated rings. The monoisotopic (exact) mass is 320 g/mol. The number of nitrogens with zero attached hydrogens (tertiary/aromatic N) is 3. The minimum Gasteiger partial charge on any atom is -0.437 e. The second-order valence-corrected chi connectivity index (χ2v) is 6.42. The lowest BCUT2D eigenvalue weighted by Crippen LogP contribution is -2.12. The number of hydrogen-bond acceptors (Lipinski definition) is 5. The zero-order chi connectivity index (χ0) is 17.0. The molecule has 0 spiro atoms. The minimum atomic E-state index is -0.0239. The lowest BCUT2D eigenvalue weighted by atomic mass is 9.86. The smallest absolute Gasteiger partial charge is 0.243 e. The summed E-state index contributed by atoms with van der Waals surface area (Å²) in [4.78, 5) is 12.6. The minimum absolute atomic E-state index is 0.0239. The Morgan fingerprint density at radius 1 is 0.917 bits per heavy atom. The van der Waals surface area contributed by atoms with Crippen LogP contribution in [-0.2, 0) is 5.41 Å². The molecule has 0 radical (unpaired) electrons. The third kappa shape index (κ3) is 3.68. The van der Waals surface area contributed by atoms with Crippen LogP contribution in [-0.4, -0.2) is 15.0 Å². The number of nitrogens with one attached hydrogen (secondary N) is 1. The van der Waals surface area contributed by atoms with E-state index in [2.05, 4.69) is 47.1 Å². The molecule has 5 heteroatoms. The number of aromatic nitrogens is 3. The fourth-order valence-corrected chi connectivity index (χ4v) is 2.35. The molecule has 24 heavy (non-hydrogen) atoms. The van der Waals surface area contributed by atoms with Crippen molar-refractivity contribution in [3.63, 3.8) is 0 Å². The van der Waals surface area contributed by atoms with Gasteiger partial charge >= 0.3 is 0 Å². The Labute approximate surface area is 141 Å². The first kappa shape index (κ1) is 15.9. The molecule has 1 aromatic carbocycles. The zero-order valence-electron chi connectivity index (χ0n) is 14.0. The Morgan fingerprint density at radius 2 is 1.75 bits per heavy atom. The molecular weight excluding hydrogens is 300 g/mol. The van der Waals surface area contributed by atoms with Gasteiger partial charge in [0.1, 0.15) is 17.3 Å². The molecule has 0 saturated carbocycles. The maximum Gasteiger partial charge on any atom is 0.243 e. The second-order valence-electron chi connectivity index (χ2n) is 6.42. The van der Waals surface area contributed by atoms with Crippen LogP contribution in [0.4, 0.5) is 11.5 Å². The predicted octanol–water partition coefficient (Wildman–Crippen LogP) is 4.71. The van der Waals surface area contributed by atoms with Crippen LogP contribution in [0.25, 0.3) is 0 Å². The Kier molecular flexibility index (Phi) is 4.42. The van der Waals surface area contributed by atoms with E-state index in [-0.39, 0.29) is 5.41 Å². The molecule has 0 aliphatic carbocycles. The normalized spacial score (nSPS) is 11.1. The summed E-state index contributed by atoms with van der Waals surface area (Å²) in [5.74, 6) is 1.94. The number of benzene rings is 1. The molecule has 2 aromatic heterocycles. The summed E-state index contributed by atoms with van der Waals surface area (Å²) in [6.45, 7) is 6.48. The molecule has 0 aliphatic heterocycles. The van der Waals surface area contributed by atoms with E-state index in [9.17, 15) is 0 Å². The van der Waals surface area contributed by atoms with Crippen molar-refractivity contribution in [2.75, 3.05) is 5.32 Å². The number of pyridine rings is 1. The lowest BCUT2D eigenvalue weighted by Gasteiger charge is -2.22. The van der Waals surface area contributed by atoms with E-state index in [4.69, 9.17) is 4.74 Å². The highest BCUT2D eigenvalue weighted by Crippen LogP contribution is 2.35. The van der Waals surface area contributed by atoms with Gasteiger partial charge in [0.25, 0.3) is 0 Å². The van der Waals surface area contributed by atoms with Crippen molar-refractivity contribution in [2.45, 2.75) is 26.2 Å². The van der Waals surface area contributed by atoms with Gasteiger partial charge in [0.2, 0.25) is 5.88 Å². The molecule has 0 unspecified atom stereocenters. The summed E-state index contributed by atoms with van der Waals surface area (Å²) in [6.07, 6.45) is 6.62. The third-order valence-corrected chi connectivity index (χ3v) is 3.50. The molecule has 0 saturated heterocycles. The van der Waals surface area contributed by atoms with Crippen molar-refractivity contribution in [1.29, 1.82) is 0 Å². The topological polar surface area (TPSA) is 59.9 Å². The number of hydrogen-bond donors (Lipinski definition) is 1. The summed E-state index contributed by atoms with van der Waals surface area (Å²) in [5, 5.41) is 3.19. The van der Waals surface area contributed by atoms with Gasteiger partial charge in [-0.15, -0.1) is 0 Å². The number of ether oxygens (including phenoxy) is 1. The average molecular weight is 320 g/mol. The van der Waals surface area contributed by atoms with E-state index >= 15 is 0 Å². The van der Waals surface area contributed by atoms with Crippen LogP contribution in [0.3, 0.4) is 0 Å². The predicted molar refractivity (Wildman–Crippen MR) is 94.8 cm³/mol. The third-order valence-electron chi connectivity index (χ3n) is 3.50. The molecule has 3 rings (SSSR count). The summed E-state index contributed by atoms with van der Waals surface area (Å²) < 4.78 is 6.12. The van der Waals surface area contributed by atoms with Crippen LogP contribution in [0.5, 0.6) is 11.6 Å². The SMILES string of the molecule is CC(C)(C)c1ccccc1Oc1ncccc1Nc1cnccn1. The molecular formula is C19H20N4O. The second kappa shape index (κ2) is 6.66. The van der Waals surface area contributed by atoms with Crippen LogP contribution < -0.4 is 10.1 Å². The summed E-state index contributed by atoms with van der Waals surface area (Å²) in [5.41, 5.74) is 1.84. The number of rotatable bonds is 4. The molecule has 0 atom stereocenters. The molecule has 0 amide bonds. The van der Waals surface area contributed by atoms with E-state index in [1.54, 1.807) is 24.8 Å². The van der Waals surface area contributed by atoms with Crippen LogP contribution >= 0.6 is 0 Å². The maximum absolute atomic E-state index is 6.12. The average Bonchev–Trinajstić information content (AvgIpc) is 2.57. The summed E-state index contributed by atoms with van der Waals surface area (Å²) in [7, 11) is 0. The van der Waals surface area contributed by atoms with Gasteiger partial charge in [-0.2, -0.15) is 0 Å². The van der Waals surface area contributed by atoms with Gasteiger partial charge < -0.3 is 10.1 Å². The van der Waals surface area contributed by atoms with Crippen LogP contribution in [0.15, 0.2) is 61.2 Å². The quantitative estimate of drug-likeness (QED) is 0.754. The standard InChI is InChI=1S/C19H20N4O/c1-19(2,3)14-7-4-5-9-16(14)24-18-15(8-6-10-22-18)23-17-13-20-11-12-21-17/h4-13H,1-3H3,(H,21,23). The van der Waals surface area contributed by atoms with Gasteiger partial charge in [-0.25, -0.2) is 9.97 Å². The first-order valence-corrected chi connectivity index (χ1v) is 7.79. The highest BCUT2D eigenvalue weighted by molar-refractivity contribution is 5.61. The number of para-hydroxylation sites is 1. The Hall–Kier alpha value is -2.95. The summed E-state index contributed by atoms with van der Waals surface area (Å²) in [6, 6.07) is 11.8. The van der Waals surface area contributed by atoms with Crippen molar-refractivity contribution < 1.29 is 4.74 Å². The fourth-order valence-electron chi connectivity index (χ4n) is 2.35. The van der Waals surface area contributed by atoms with Crippen molar-refractivity contribution in [3.05, 3.63) is 66.7 Å². The zero-order valence-corrected chi connectivity index (χ0v) is 14.0. The van der Waals surface area contributed by atoms with Crippen molar-refractivity contribution in [3.8, 4) is 11.6 Å². The van der Waals surface area contributed by atoms with Gasteiger partial charge in [0.15, 0.2) is 0 Å². The molecule has 5 nitrogen and oxygen atoms in total. The van der Waals surface area contributed by atoms with E-state index < -0.39 is 0 Å². The molecule has 3 aromatic rings. The van der Waals surface area contributed by atoms with Crippen LogP contribution in [0.2, 0.25) is 0 Å². The maximum atomic E-state index is 6.12. The highest BCUT2D eigenvalue weighted by Gasteiger charge is 2.19. The fraction of sp³-hybridized carbons (Fsp3) is 0.211. The van der Waals surface area contributed by atoms with Gasteiger partial charge in [-0.05, 0) is 23.6 Å². The van der Waals surface area contributed by atoms with E-state index in [0.29, 0.717) is 11.7 Å². The molecule has 1 N–H and O–H groups in total. The Balaban J connectivity index is 1.92. The van der Waals surface area contributed by atoms with Crippen molar-refractivity contribution >= 4 is 11.5 Å². The van der Waals surface area contributed by atoms with E-state index in [1.165, 1.54) is 0 Å². The molecule has 122 valence electrons. The van der Waals surface area contributed by atoms with Crippen LogP contribution in [0, 0.1) is 0 Å². The van der Waals surface area contributed by atoms with Gasteiger partial charge in [-0.1, -0.05) is 39.0 Å².